The molecule has 0 unspecified atom stereocenters. The van der Waals surface area contributed by atoms with Crippen LogP contribution in [-0.4, -0.2) is 41.5 Å². The first-order chi connectivity index (χ1) is 11.6. The molecule has 1 aromatic carbocycles. The zero-order chi connectivity index (χ0) is 16.7. The maximum atomic E-state index is 13.0. The molecule has 2 aliphatic rings. The van der Waals surface area contributed by atoms with Crippen LogP contribution in [0.1, 0.15) is 17.8 Å². The Bertz CT molecular complexity index is 777. The van der Waals surface area contributed by atoms with Gasteiger partial charge in [-0.2, -0.15) is 0 Å². The number of rotatable bonds is 2. The van der Waals surface area contributed by atoms with Gasteiger partial charge in [-0.05, 0) is 31.2 Å². The van der Waals surface area contributed by atoms with Crippen molar-refractivity contribution in [1.82, 2.24) is 9.88 Å². The highest BCUT2D eigenvalue weighted by atomic mass is 16.5. The molecule has 1 saturated heterocycles. The molecule has 5 nitrogen and oxygen atoms in total. The monoisotopic (exact) mass is 323 g/mol. The summed E-state index contributed by atoms with van der Waals surface area (Å²) in [5.74, 6) is 0.910. The molecule has 2 atom stereocenters. The maximum Gasteiger partial charge on any atom is 0.244 e. The molecule has 124 valence electrons. The fourth-order valence-electron chi connectivity index (χ4n) is 3.63. The lowest BCUT2D eigenvalue weighted by atomic mass is 10.1. The van der Waals surface area contributed by atoms with E-state index in [0.717, 1.165) is 35.8 Å². The average molecular weight is 323 g/mol. The van der Waals surface area contributed by atoms with Gasteiger partial charge < -0.3 is 9.64 Å². The normalized spacial score (nSPS) is 23.4. The molecule has 0 N–H and O–H groups in total. The van der Waals surface area contributed by atoms with Crippen molar-refractivity contribution < 1.29 is 9.53 Å². The molecule has 1 amide bonds. The summed E-state index contributed by atoms with van der Waals surface area (Å²) in [5, 5.41) is 0. The first kappa shape index (κ1) is 15.1. The Morgan fingerprint density at radius 3 is 2.88 bits per heavy atom. The Morgan fingerprint density at radius 2 is 2.04 bits per heavy atom. The summed E-state index contributed by atoms with van der Waals surface area (Å²) in [6.07, 6.45) is 0.766. The van der Waals surface area contributed by atoms with Gasteiger partial charge in [0.25, 0.3) is 0 Å². The molecule has 1 aromatic heterocycles. The SMILES string of the molecule is Cc1cccc(CN2C[C@@H]3C[C@H]2C(=O)N(C)c2ccccc2O3)n1. The van der Waals surface area contributed by atoms with E-state index in [1.54, 1.807) is 4.90 Å². The number of hydrogen-bond acceptors (Lipinski definition) is 4. The van der Waals surface area contributed by atoms with Crippen LogP contribution in [0.2, 0.25) is 0 Å². The van der Waals surface area contributed by atoms with Crippen LogP contribution in [0, 0.1) is 6.92 Å². The largest absolute Gasteiger partial charge is 0.487 e. The molecule has 2 bridgehead atoms. The Balaban J connectivity index is 1.63. The number of nitrogens with zero attached hydrogens (tertiary/aromatic N) is 3. The van der Waals surface area contributed by atoms with Crippen molar-refractivity contribution >= 4 is 11.6 Å². The molecule has 0 aliphatic carbocycles. The third-order valence-corrected chi connectivity index (χ3v) is 4.81. The second kappa shape index (κ2) is 5.91. The summed E-state index contributed by atoms with van der Waals surface area (Å²) in [6, 6.07) is 13.6. The van der Waals surface area contributed by atoms with Gasteiger partial charge >= 0.3 is 0 Å². The Labute approximate surface area is 141 Å². The number of aromatic nitrogens is 1. The van der Waals surface area contributed by atoms with Crippen molar-refractivity contribution in [3.8, 4) is 5.75 Å². The third-order valence-electron chi connectivity index (χ3n) is 4.81. The van der Waals surface area contributed by atoms with Crippen molar-refractivity contribution in [2.45, 2.75) is 32.0 Å². The van der Waals surface area contributed by atoms with Gasteiger partial charge in [-0.3, -0.25) is 14.7 Å². The van der Waals surface area contributed by atoms with E-state index in [9.17, 15) is 4.79 Å². The molecule has 1 fully saturated rings. The number of anilines is 1. The topological polar surface area (TPSA) is 45.7 Å². The number of benzene rings is 1. The fraction of sp³-hybridized carbons (Fsp3) is 0.368. The van der Waals surface area contributed by atoms with Crippen molar-refractivity contribution in [1.29, 1.82) is 0 Å². The van der Waals surface area contributed by atoms with E-state index in [-0.39, 0.29) is 18.1 Å². The lowest BCUT2D eigenvalue weighted by Gasteiger charge is -2.29. The van der Waals surface area contributed by atoms with Crippen LogP contribution >= 0.6 is 0 Å². The number of likely N-dealkylation sites (N-methyl/N-ethyl adjacent to an activating group) is 1. The maximum absolute atomic E-state index is 13.0. The summed E-state index contributed by atoms with van der Waals surface area (Å²) < 4.78 is 6.18. The minimum Gasteiger partial charge on any atom is -0.487 e. The lowest BCUT2D eigenvalue weighted by molar-refractivity contribution is -0.122. The first-order valence-corrected chi connectivity index (χ1v) is 8.31. The van der Waals surface area contributed by atoms with Crippen molar-refractivity contribution in [2.24, 2.45) is 0 Å². The number of ether oxygens (including phenoxy) is 1. The standard InChI is InChI=1S/C19H21N3O2/c1-13-6-5-7-14(20-13)11-22-12-15-10-17(22)19(23)21(2)16-8-3-4-9-18(16)24-15/h3-9,15,17H,10-12H2,1-2H3/t15-,17-/m0/s1. The fourth-order valence-corrected chi connectivity index (χ4v) is 3.63. The molecule has 0 radical (unpaired) electrons. The molecule has 3 heterocycles. The van der Waals surface area contributed by atoms with Gasteiger partial charge in [0, 0.05) is 32.3 Å². The van der Waals surface area contributed by atoms with E-state index in [1.807, 2.05) is 56.4 Å². The smallest absolute Gasteiger partial charge is 0.244 e. The van der Waals surface area contributed by atoms with Crippen LogP contribution in [0.25, 0.3) is 0 Å². The Hall–Kier alpha value is -2.40. The average Bonchev–Trinajstić information content (AvgIpc) is 2.96. The number of likely N-dealkylation sites (tertiary alicyclic amines) is 1. The van der Waals surface area contributed by atoms with Crippen molar-refractivity contribution in [2.75, 3.05) is 18.5 Å². The van der Waals surface area contributed by atoms with Gasteiger partial charge in [-0.25, -0.2) is 0 Å². The molecular formula is C19H21N3O2. The molecule has 5 heteroatoms. The zero-order valence-corrected chi connectivity index (χ0v) is 14.0. The van der Waals surface area contributed by atoms with E-state index in [1.165, 1.54) is 0 Å². The molecule has 2 aliphatic heterocycles. The highest BCUT2D eigenvalue weighted by Crippen LogP contribution is 2.35. The number of carbonyl (C=O) groups is 1. The second-order valence-electron chi connectivity index (χ2n) is 6.56. The predicted molar refractivity (Wildman–Crippen MR) is 92.1 cm³/mol. The van der Waals surface area contributed by atoms with Gasteiger partial charge in [0.05, 0.1) is 17.4 Å². The number of carbonyl (C=O) groups excluding carboxylic acids is 1. The number of para-hydroxylation sites is 2. The first-order valence-electron chi connectivity index (χ1n) is 8.31. The Morgan fingerprint density at radius 1 is 1.21 bits per heavy atom. The van der Waals surface area contributed by atoms with E-state index in [2.05, 4.69) is 9.88 Å². The number of pyridine rings is 1. The van der Waals surface area contributed by atoms with E-state index in [4.69, 9.17) is 4.74 Å². The summed E-state index contributed by atoms with van der Waals surface area (Å²) in [6.45, 7) is 3.40. The van der Waals surface area contributed by atoms with Crippen LogP contribution in [0.5, 0.6) is 5.75 Å². The lowest BCUT2D eigenvalue weighted by Crippen LogP contribution is -2.44. The second-order valence-corrected chi connectivity index (χ2v) is 6.56. The van der Waals surface area contributed by atoms with E-state index >= 15 is 0 Å². The summed E-state index contributed by atoms with van der Waals surface area (Å²) >= 11 is 0. The van der Waals surface area contributed by atoms with Crippen molar-refractivity contribution in [3.63, 3.8) is 0 Å². The molecule has 24 heavy (non-hydrogen) atoms. The summed E-state index contributed by atoms with van der Waals surface area (Å²) in [4.78, 5) is 21.5. The minimum absolute atomic E-state index is 0.0404. The van der Waals surface area contributed by atoms with Crippen LogP contribution in [-0.2, 0) is 11.3 Å². The predicted octanol–water partition coefficient (Wildman–Crippen LogP) is 2.39. The van der Waals surface area contributed by atoms with Gasteiger partial charge in [-0.15, -0.1) is 0 Å². The highest BCUT2D eigenvalue weighted by molar-refractivity contribution is 5.98. The molecule has 2 aromatic rings. The minimum atomic E-state index is -0.157. The van der Waals surface area contributed by atoms with Crippen LogP contribution in [0.3, 0.4) is 0 Å². The van der Waals surface area contributed by atoms with Gasteiger partial charge in [-0.1, -0.05) is 18.2 Å². The van der Waals surface area contributed by atoms with E-state index in [0.29, 0.717) is 6.54 Å². The summed E-state index contributed by atoms with van der Waals surface area (Å²) in [7, 11) is 1.83. The number of aryl methyl sites for hydroxylation is 1. The number of amides is 1. The Kier molecular flexibility index (Phi) is 3.73. The van der Waals surface area contributed by atoms with Crippen LogP contribution in [0.15, 0.2) is 42.5 Å². The summed E-state index contributed by atoms with van der Waals surface area (Å²) in [5.41, 5.74) is 2.83. The van der Waals surface area contributed by atoms with Gasteiger partial charge in [0.15, 0.2) is 0 Å². The number of hydrogen-bond donors (Lipinski definition) is 0. The quantitative estimate of drug-likeness (QED) is 0.851. The molecule has 4 rings (SSSR count). The van der Waals surface area contributed by atoms with Gasteiger partial charge in [0.2, 0.25) is 5.91 Å². The molecule has 0 saturated carbocycles. The zero-order valence-electron chi connectivity index (χ0n) is 14.0. The van der Waals surface area contributed by atoms with Crippen molar-refractivity contribution in [3.05, 3.63) is 53.9 Å². The highest BCUT2D eigenvalue weighted by Gasteiger charge is 2.41. The molecular weight excluding hydrogens is 302 g/mol. The van der Waals surface area contributed by atoms with Crippen LogP contribution < -0.4 is 9.64 Å². The van der Waals surface area contributed by atoms with E-state index < -0.39 is 0 Å². The van der Waals surface area contributed by atoms with Crippen LogP contribution in [0.4, 0.5) is 5.69 Å². The number of fused-ring (bicyclic) bond motifs is 3. The third kappa shape index (κ3) is 2.65. The van der Waals surface area contributed by atoms with Gasteiger partial charge in [0.1, 0.15) is 11.9 Å². The molecule has 0 spiro atoms.